The fourth-order valence-corrected chi connectivity index (χ4v) is 3.87. The number of rotatable bonds is 6. The molecule has 2 aromatic carbocycles. The second-order valence-corrected chi connectivity index (χ2v) is 7.14. The minimum Gasteiger partial charge on any atom is -0.508 e. The van der Waals surface area contributed by atoms with E-state index in [0.717, 1.165) is 0 Å². The zero-order valence-electron chi connectivity index (χ0n) is 17.4. The highest BCUT2D eigenvalue weighted by Gasteiger charge is 2.47. The van der Waals surface area contributed by atoms with Crippen molar-refractivity contribution in [2.45, 2.75) is 12.6 Å². The quantitative estimate of drug-likeness (QED) is 0.346. The van der Waals surface area contributed by atoms with Crippen LogP contribution in [-0.2, 0) is 16.1 Å². The van der Waals surface area contributed by atoms with Crippen LogP contribution in [0.3, 0.4) is 0 Å². The number of methoxy groups -OCH3 is 2. The molecular formula is C24H21NO7. The molecule has 2 heterocycles. The first-order valence-corrected chi connectivity index (χ1v) is 9.77. The van der Waals surface area contributed by atoms with Gasteiger partial charge in [0, 0.05) is 0 Å². The molecule has 8 nitrogen and oxygen atoms in total. The van der Waals surface area contributed by atoms with Gasteiger partial charge in [-0.1, -0.05) is 18.2 Å². The van der Waals surface area contributed by atoms with E-state index in [0.29, 0.717) is 11.3 Å². The van der Waals surface area contributed by atoms with Crippen LogP contribution in [-0.4, -0.2) is 41.0 Å². The second kappa shape index (κ2) is 8.50. The number of aliphatic hydroxyl groups is 1. The number of ether oxygens (including phenoxy) is 2. The van der Waals surface area contributed by atoms with Crippen molar-refractivity contribution in [1.29, 1.82) is 0 Å². The topological polar surface area (TPSA) is 109 Å². The minimum atomic E-state index is -0.971. The third-order valence-electron chi connectivity index (χ3n) is 5.30. The molecule has 4 rings (SSSR count). The average Bonchev–Trinajstić information content (AvgIpc) is 3.40. The van der Waals surface area contributed by atoms with Crippen LogP contribution in [0.5, 0.6) is 17.2 Å². The van der Waals surface area contributed by atoms with Crippen molar-refractivity contribution in [3.8, 4) is 17.2 Å². The van der Waals surface area contributed by atoms with Crippen LogP contribution in [0.2, 0.25) is 0 Å². The Morgan fingerprint density at radius 1 is 1.03 bits per heavy atom. The minimum absolute atomic E-state index is 0.00225. The van der Waals surface area contributed by atoms with Gasteiger partial charge in [0.25, 0.3) is 11.7 Å². The maximum Gasteiger partial charge on any atom is 0.296 e. The molecule has 1 saturated heterocycles. The summed E-state index contributed by atoms with van der Waals surface area (Å²) in [5.74, 6) is -1.14. The van der Waals surface area contributed by atoms with Crippen molar-refractivity contribution < 1.29 is 33.7 Å². The molecule has 0 aliphatic carbocycles. The predicted octanol–water partition coefficient (Wildman–Crippen LogP) is 3.62. The lowest BCUT2D eigenvalue weighted by Gasteiger charge is -2.25. The molecule has 3 aromatic rings. The number of aromatic hydroxyl groups is 1. The Kier molecular flexibility index (Phi) is 5.59. The number of phenols is 1. The van der Waals surface area contributed by atoms with Gasteiger partial charge in [-0.3, -0.25) is 9.59 Å². The summed E-state index contributed by atoms with van der Waals surface area (Å²) in [6.07, 6.45) is 1.47. The van der Waals surface area contributed by atoms with Gasteiger partial charge in [-0.15, -0.1) is 0 Å². The van der Waals surface area contributed by atoms with Gasteiger partial charge in [-0.05, 0) is 42.0 Å². The van der Waals surface area contributed by atoms with E-state index in [4.69, 9.17) is 13.9 Å². The van der Waals surface area contributed by atoms with Crippen molar-refractivity contribution in [2.24, 2.45) is 0 Å². The lowest BCUT2D eigenvalue weighted by atomic mass is 9.94. The van der Waals surface area contributed by atoms with Crippen molar-refractivity contribution >= 4 is 17.4 Å². The molecule has 1 fully saturated rings. The average molecular weight is 435 g/mol. The normalized spacial score (nSPS) is 17.6. The summed E-state index contributed by atoms with van der Waals surface area (Å²) in [4.78, 5) is 27.5. The highest BCUT2D eigenvalue weighted by molar-refractivity contribution is 6.46. The number of amides is 1. The number of ketones is 1. The first-order chi connectivity index (χ1) is 15.5. The van der Waals surface area contributed by atoms with Crippen LogP contribution in [0.4, 0.5) is 0 Å². The van der Waals surface area contributed by atoms with Crippen LogP contribution in [0.1, 0.15) is 22.9 Å². The van der Waals surface area contributed by atoms with Gasteiger partial charge in [0.1, 0.15) is 34.3 Å². The second-order valence-electron chi connectivity index (χ2n) is 7.14. The third kappa shape index (κ3) is 3.56. The molecular weight excluding hydrogens is 414 g/mol. The fourth-order valence-electron chi connectivity index (χ4n) is 3.87. The Labute approximate surface area is 183 Å². The lowest BCUT2D eigenvalue weighted by molar-refractivity contribution is -0.140. The molecule has 0 spiro atoms. The lowest BCUT2D eigenvalue weighted by Crippen LogP contribution is -2.29. The molecule has 1 unspecified atom stereocenters. The van der Waals surface area contributed by atoms with E-state index in [1.165, 1.54) is 37.5 Å². The van der Waals surface area contributed by atoms with E-state index >= 15 is 0 Å². The molecule has 1 amide bonds. The Balaban J connectivity index is 1.95. The largest absolute Gasteiger partial charge is 0.508 e. The number of hydrogen-bond acceptors (Lipinski definition) is 7. The van der Waals surface area contributed by atoms with Crippen molar-refractivity contribution in [2.75, 3.05) is 14.2 Å². The standard InChI is InChI=1S/C24H21NO7/c1-30-17-9-4-10-18(31-2)19(17)22(27)20-21(14-6-3-7-15(26)12-14)25(24(29)23(20)28)13-16-8-5-11-32-16/h3-12,21,26-27H,13H2,1-2H3/b22-20+. The molecule has 8 heteroatoms. The number of furan rings is 1. The van der Waals surface area contributed by atoms with Gasteiger partial charge >= 0.3 is 0 Å². The van der Waals surface area contributed by atoms with Gasteiger partial charge < -0.3 is 29.0 Å². The molecule has 0 saturated carbocycles. The van der Waals surface area contributed by atoms with Gasteiger partial charge in [-0.2, -0.15) is 0 Å². The number of Topliss-reactive ketones (excluding diaryl/α,β-unsaturated/α-hetero) is 1. The van der Waals surface area contributed by atoms with E-state index in [-0.39, 0.29) is 34.9 Å². The van der Waals surface area contributed by atoms with E-state index < -0.39 is 23.5 Å². The number of carbonyl (C=O) groups is 2. The van der Waals surface area contributed by atoms with Gasteiger partial charge in [0.2, 0.25) is 0 Å². The molecule has 1 aliphatic rings. The fraction of sp³-hybridized carbons (Fsp3) is 0.167. The Morgan fingerprint density at radius 2 is 1.72 bits per heavy atom. The van der Waals surface area contributed by atoms with E-state index in [2.05, 4.69) is 0 Å². The summed E-state index contributed by atoms with van der Waals surface area (Å²) in [6, 6.07) is 13.5. The van der Waals surface area contributed by atoms with Gasteiger partial charge in [-0.25, -0.2) is 0 Å². The zero-order chi connectivity index (χ0) is 22.8. The first-order valence-electron chi connectivity index (χ1n) is 9.77. The van der Waals surface area contributed by atoms with Gasteiger partial charge in [0.15, 0.2) is 0 Å². The zero-order valence-corrected chi connectivity index (χ0v) is 17.4. The Bertz CT molecular complexity index is 1170. The molecule has 0 bridgehead atoms. The highest BCUT2D eigenvalue weighted by Crippen LogP contribution is 2.44. The maximum atomic E-state index is 13.1. The summed E-state index contributed by atoms with van der Waals surface area (Å²) in [7, 11) is 2.85. The number of nitrogens with zero attached hydrogens (tertiary/aromatic N) is 1. The first kappa shape index (κ1) is 21.0. The van der Waals surface area contributed by atoms with Crippen molar-refractivity contribution in [3.05, 3.63) is 83.3 Å². The van der Waals surface area contributed by atoms with E-state index in [1.54, 1.807) is 42.5 Å². The van der Waals surface area contributed by atoms with Crippen LogP contribution < -0.4 is 9.47 Å². The van der Waals surface area contributed by atoms with Gasteiger partial charge in [0.05, 0.1) is 38.6 Å². The summed E-state index contributed by atoms with van der Waals surface area (Å²) in [5.41, 5.74) is 0.458. The van der Waals surface area contributed by atoms with E-state index in [9.17, 15) is 19.8 Å². The van der Waals surface area contributed by atoms with Crippen molar-refractivity contribution in [1.82, 2.24) is 4.90 Å². The molecule has 1 atom stereocenters. The maximum absolute atomic E-state index is 13.1. The predicted molar refractivity (Wildman–Crippen MR) is 114 cm³/mol. The molecule has 0 radical (unpaired) electrons. The Morgan fingerprint density at radius 3 is 2.31 bits per heavy atom. The van der Waals surface area contributed by atoms with E-state index in [1.807, 2.05) is 0 Å². The number of benzene rings is 2. The van der Waals surface area contributed by atoms with Crippen LogP contribution in [0.15, 0.2) is 70.9 Å². The molecule has 32 heavy (non-hydrogen) atoms. The monoisotopic (exact) mass is 435 g/mol. The number of hydrogen-bond donors (Lipinski definition) is 2. The van der Waals surface area contributed by atoms with Crippen molar-refractivity contribution in [3.63, 3.8) is 0 Å². The summed E-state index contributed by atoms with van der Waals surface area (Å²) < 4.78 is 16.1. The molecule has 164 valence electrons. The summed E-state index contributed by atoms with van der Waals surface area (Å²) >= 11 is 0. The smallest absolute Gasteiger partial charge is 0.296 e. The number of aliphatic hydroxyl groups excluding tert-OH is 1. The number of likely N-dealkylation sites (tertiary alicyclic amines) is 1. The Hall–Kier alpha value is -4.20. The van der Waals surface area contributed by atoms with Crippen LogP contribution in [0.25, 0.3) is 5.76 Å². The van der Waals surface area contributed by atoms with Crippen LogP contribution >= 0.6 is 0 Å². The summed E-state index contributed by atoms with van der Waals surface area (Å²) in [6.45, 7) is -0.00225. The molecule has 1 aliphatic heterocycles. The molecule has 2 N–H and O–H groups in total. The number of carbonyl (C=O) groups excluding carboxylic acids is 2. The van der Waals surface area contributed by atoms with Crippen LogP contribution in [0, 0.1) is 0 Å². The highest BCUT2D eigenvalue weighted by atomic mass is 16.5. The SMILES string of the molecule is COc1cccc(OC)c1/C(O)=C1\C(=O)C(=O)N(Cc2ccco2)C1c1cccc(O)c1. The third-order valence-corrected chi connectivity index (χ3v) is 5.30. The number of phenolic OH excluding ortho intramolecular Hbond substituents is 1. The molecule has 1 aromatic heterocycles. The summed E-state index contributed by atoms with van der Waals surface area (Å²) in [5, 5.41) is 21.3.